The lowest BCUT2D eigenvalue weighted by molar-refractivity contribution is -0.148. The third kappa shape index (κ3) is 9.49. The first kappa shape index (κ1) is 23.0. The average molecular weight is 419 g/mol. The number of esters is 1. The molecule has 2 amide bonds. The number of rotatable bonds is 7. The Labute approximate surface area is 168 Å². The zero-order valence-electron chi connectivity index (χ0n) is 15.7. The monoisotopic (exact) mass is 418 g/mol. The molecule has 0 aliphatic heterocycles. The van der Waals surface area contributed by atoms with Crippen molar-refractivity contribution in [1.29, 1.82) is 0 Å². The Balaban J connectivity index is 2.31. The molecule has 150 valence electrons. The van der Waals surface area contributed by atoms with Gasteiger partial charge in [-0.05, 0) is 45.4 Å². The first-order valence-corrected chi connectivity index (χ1v) is 9.10. The largest absolute Gasteiger partial charge is 0.456 e. The first-order valence-electron chi connectivity index (χ1n) is 8.34. The van der Waals surface area contributed by atoms with Crippen LogP contribution in [0, 0.1) is 0 Å². The number of ether oxygens (including phenoxy) is 2. The summed E-state index contributed by atoms with van der Waals surface area (Å²) < 4.78 is 9.91. The molecule has 0 radical (unpaired) electrons. The molecule has 1 aromatic carbocycles. The van der Waals surface area contributed by atoms with Gasteiger partial charge in [0.05, 0.1) is 12.5 Å². The Morgan fingerprint density at radius 3 is 2.44 bits per heavy atom. The summed E-state index contributed by atoms with van der Waals surface area (Å²) in [6.07, 6.45) is -0.702. The van der Waals surface area contributed by atoms with E-state index in [2.05, 4.69) is 10.6 Å². The minimum Gasteiger partial charge on any atom is -0.456 e. The molecule has 0 heterocycles. The van der Waals surface area contributed by atoms with Crippen molar-refractivity contribution in [2.75, 3.05) is 13.2 Å². The zero-order chi connectivity index (χ0) is 20.6. The van der Waals surface area contributed by atoms with E-state index in [1.54, 1.807) is 45.9 Å². The molecule has 0 aliphatic rings. The van der Waals surface area contributed by atoms with E-state index in [0.29, 0.717) is 15.6 Å². The van der Waals surface area contributed by atoms with Gasteiger partial charge in [0, 0.05) is 16.6 Å². The maximum atomic E-state index is 11.9. The van der Waals surface area contributed by atoms with E-state index in [4.69, 9.17) is 32.7 Å². The summed E-state index contributed by atoms with van der Waals surface area (Å²) in [4.78, 5) is 35.0. The Morgan fingerprint density at radius 1 is 1.19 bits per heavy atom. The van der Waals surface area contributed by atoms with Crippen molar-refractivity contribution in [3.05, 3.63) is 33.8 Å². The molecule has 0 spiro atoms. The molecule has 0 saturated heterocycles. The summed E-state index contributed by atoms with van der Waals surface area (Å²) in [7, 11) is 0. The first-order chi connectivity index (χ1) is 12.5. The van der Waals surface area contributed by atoms with Crippen LogP contribution in [0.1, 0.15) is 45.7 Å². The van der Waals surface area contributed by atoms with Crippen molar-refractivity contribution in [2.45, 2.75) is 45.8 Å². The summed E-state index contributed by atoms with van der Waals surface area (Å²) in [6, 6.07) is 4.58. The molecule has 0 aliphatic carbocycles. The molecule has 0 fully saturated rings. The zero-order valence-corrected chi connectivity index (χ0v) is 17.2. The second kappa shape index (κ2) is 10.4. The number of carbonyl (C=O) groups excluding carboxylic acids is 3. The number of benzene rings is 1. The van der Waals surface area contributed by atoms with Crippen LogP contribution in [0.4, 0.5) is 4.79 Å². The van der Waals surface area contributed by atoms with Gasteiger partial charge in [-0.3, -0.25) is 9.59 Å². The van der Waals surface area contributed by atoms with Gasteiger partial charge in [-0.15, -0.1) is 0 Å². The van der Waals surface area contributed by atoms with Crippen LogP contribution < -0.4 is 10.6 Å². The van der Waals surface area contributed by atoms with Crippen LogP contribution in [-0.2, 0) is 19.1 Å². The normalized spacial score (nSPS) is 12.1. The van der Waals surface area contributed by atoms with Crippen LogP contribution in [0.15, 0.2) is 18.2 Å². The summed E-state index contributed by atoms with van der Waals surface area (Å²) in [5.41, 5.74) is 0.0779. The van der Waals surface area contributed by atoms with Crippen molar-refractivity contribution in [2.24, 2.45) is 0 Å². The number of hydrogen-bond donors (Lipinski definition) is 2. The number of carbonyl (C=O) groups is 3. The van der Waals surface area contributed by atoms with Gasteiger partial charge >= 0.3 is 12.1 Å². The molecule has 0 unspecified atom stereocenters. The van der Waals surface area contributed by atoms with E-state index >= 15 is 0 Å². The van der Waals surface area contributed by atoms with Gasteiger partial charge in [0.2, 0.25) is 0 Å². The quantitative estimate of drug-likeness (QED) is 0.659. The highest BCUT2D eigenvalue weighted by Crippen LogP contribution is 2.25. The van der Waals surface area contributed by atoms with Crippen LogP contribution >= 0.6 is 23.2 Å². The summed E-state index contributed by atoms with van der Waals surface area (Å²) in [5, 5.41) is 6.04. The van der Waals surface area contributed by atoms with Crippen molar-refractivity contribution in [3.8, 4) is 0 Å². The maximum absolute atomic E-state index is 11.9. The third-order valence-electron chi connectivity index (χ3n) is 3.17. The molecule has 0 aromatic heterocycles. The van der Waals surface area contributed by atoms with E-state index in [9.17, 15) is 14.4 Å². The van der Waals surface area contributed by atoms with E-state index in [1.165, 1.54) is 0 Å². The number of halogens is 2. The summed E-state index contributed by atoms with van der Waals surface area (Å²) in [6.45, 7) is 6.57. The Morgan fingerprint density at radius 2 is 1.85 bits per heavy atom. The molecule has 0 saturated carbocycles. The lowest BCUT2D eigenvalue weighted by atomic mass is 10.1. The number of nitrogens with one attached hydrogen (secondary N) is 2. The number of alkyl carbamates (subject to hydrolysis) is 1. The molecule has 2 N–H and O–H groups in total. The van der Waals surface area contributed by atoms with Crippen molar-refractivity contribution in [1.82, 2.24) is 10.6 Å². The topological polar surface area (TPSA) is 93.7 Å². The van der Waals surface area contributed by atoms with E-state index in [-0.39, 0.29) is 19.0 Å². The van der Waals surface area contributed by atoms with E-state index in [0.717, 1.165) is 0 Å². The van der Waals surface area contributed by atoms with Gasteiger partial charge in [-0.2, -0.15) is 0 Å². The van der Waals surface area contributed by atoms with Gasteiger partial charge in [-0.1, -0.05) is 29.3 Å². The number of amides is 2. The fourth-order valence-corrected chi connectivity index (χ4v) is 2.58. The van der Waals surface area contributed by atoms with E-state index < -0.39 is 30.2 Å². The Hall–Kier alpha value is -1.99. The highest BCUT2D eigenvalue weighted by Gasteiger charge is 2.17. The fraction of sp³-hybridized carbons (Fsp3) is 0.500. The van der Waals surface area contributed by atoms with Crippen molar-refractivity contribution >= 4 is 41.2 Å². The molecule has 1 rings (SSSR count). The third-order valence-corrected chi connectivity index (χ3v) is 3.73. The van der Waals surface area contributed by atoms with Crippen LogP contribution in [0.5, 0.6) is 0 Å². The highest BCUT2D eigenvalue weighted by molar-refractivity contribution is 6.35. The SMILES string of the molecule is C[C@@H](NC(=O)COC(=O)CCNC(=O)OC(C)(C)C)c1ccc(Cl)cc1Cl. The smallest absolute Gasteiger partial charge is 0.407 e. The number of hydrogen-bond acceptors (Lipinski definition) is 5. The summed E-state index contributed by atoms with van der Waals surface area (Å²) in [5.74, 6) is -1.08. The maximum Gasteiger partial charge on any atom is 0.407 e. The van der Waals surface area contributed by atoms with Gasteiger partial charge in [0.15, 0.2) is 6.61 Å². The Bertz CT molecular complexity index is 689. The Kier molecular flexibility index (Phi) is 8.85. The lowest BCUT2D eigenvalue weighted by Crippen LogP contribution is -2.34. The molecule has 1 aromatic rings. The van der Waals surface area contributed by atoms with Gasteiger partial charge in [-0.25, -0.2) is 4.79 Å². The molecule has 27 heavy (non-hydrogen) atoms. The minimum atomic E-state index is -0.623. The van der Waals surface area contributed by atoms with Crippen LogP contribution in [0.2, 0.25) is 10.0 Å². The molecule has 0 bridgehead atoms. The van der Waals surface area contributed by atoms with Crippen LogP contribution in [-0.4, -0.2) is 36.7 Å². The fourth-order valence-electron chi connectivity index (χ4n) is 2.01. The standard InChI is InChI=1S/C18H24Cl2N2O5/c1-11(13-6-5-12(19)9-14(13)20)22-15(23)10-26-16(24)7-8-21-17(25)27-18(2,3)4/h5-6,9,11H,7-8,10H2,1-4H3,(H,21,25)(H,22,23)/t11-/m1/s1. The minimum absolute atomic E-state index is 0.0478. The predicted molar refractivity (Wildman–Crippen MR) is 103 cm³/mol. The van der Waals surface area contributed by atoms with Crippen molar-refractivity contribution in [3.63, 3.8) is 0 Å². The molecule has 7 nitrogen and oxygen atoms in total. The average Bonchev–Trinajstić information content (AvgIpc) is 2.51. The summed E-state index contributed by atoms with van der Waals surface area (Å²) >= 11 is 11.9. The van der Waals surface area contributed by atoms with Crippen LogP contribution in [0.25, 0.3) is 0 Å². The van der Waals surface area contributed by atoms with Gasteiger partial charge < -0.3 is 20.1 Å². The van der Waals surface area contributed by atoms with Crippen LogP contribution in [0.3, 0.4) is 0 Å². The highest BCUT2D eigenvalue weighted by atomic mass is 35.5. The molecular weight excluding hydrogens is 395 g/mol. The molecule has 9 heteroatoms. The molecule has 1 atom stereocenters. The van der Waals surface area contributed by atoms with Crippen molar-refractivity contribution < 1.29 is 23.9 Å². The second-order valence-electron chi connectivity index (χ2n) is 6.79. The lowest BCUT2D eigenvalue weighted by Gasteiger charge is -2.19. The van der Waals surface area contributed by atoms with E-state index in [1.807, 2.05) is 0 Å². The second-order valence-corrected chi connectivity index (χ2v) is 7.64. The van der Waals surface area contributed by atoms with Gasteiger partial charge in [0.1, 0.15) is 5.60 Å². The van der Waals surface area contributed by atoms with Gasteiger partial charge in [0.25, 0.3) is 5.91 Å². The predicted octanol–water partition coefficient (Wildman–Crippen LogP) is 3.63. The molecular formula is C18H24Cl2N2O5.